The fourth-order valence-corrected chi connectivity index (χ4v) is 2.65. The highest BCUT2D eigenvalue weighted by Crippen LogP contribution is 2.23. The van der Waals surface area contributed by atoms with Gasteiger partial charge >= 0.3 is 0 Å². The van der Waals surface area contributed by atoms with E-state index < -0.39 is 10.0 Å². The maximum absolute atomic E-state index is 11.3. The summed E-state index contributed by atoms with van der Waals surface area (Å²) in [7, 11) is -3.69. The number of aromatic hydroxyl groups is 1. The molecule has 21 heavy (non-hydrogen) atoms. The molecule has 0 heterocycles. The van der Waals surface area contributed by atoms with Crippen molar-refractivity contribution >= 4 is 10.0 Å². The molecule has 0 aliphatic carbocycles. The molecule has 112 valence electrons. The number of nitrogens with two attached hydrogens (primary N) is 1. The van der Waals surface area contributed by atoms with Gasteiger partial charge in [-0.2, -0.15) is 0 Å². The van der Waals surface area contributed by atoms with Crippen LogP contribution in [-0.2, 0) is 16.6 Å². The fraction of sp³-hybridized carbons (Fsp3) is 0.200. The van der Waals surface area contributed by atoms with Gasteiger partial charge < -0.3 is 10.4 Å². The van der Waals surface area contributed by atoms with E-state index in [1.54, 1.807) is 24.3 Å². The Hall–Kier alpha value is -1.89. The van der Waals surface area contributed by atoms with Crippen LogP contribution in [0.15, 0.2) is 53.4 Å². The minimum Gasteiger partial charge on any atom is -0.508 e. The summed E-state index contributed by atoms with van der Waals surface area (Å²) >= 11 is 0. The van der Waals surface area contributed by atoms with Gasteiger partial charge in [0, 0.05) is 18.2 Å². The van der Waals surface area contributed by atoms with E-state index in [-0.39, 0.29) is 16.7 Å². The number of benzene rings is 2. The first-order chi connectivity index (χ1) is 9.88. The van der Waals surface area contributed by atoms with Crippen molar-refractivity contribution in [3.63, 3.8) is 0 Å². The van der Waals surface area contributed by atoms with Crippen LogP contribution in [0.1, 0.15) is 24.1 Å². The number of hydrogen-bond donors (Lipinski definition) is 3. The molecule has 0 bridgehead atoms. The van der Waals surface area contributed by atoms with Crippen LogP contribution in [0, 0.1) is 0 Å². The highest BCUT2D eigenvalue weighted by Gasteiger charge is 2.11. The highest BCUT2D eigenvalue weighted by atomic mass is 32.2. The molecule has 0 amide bonds. The molecule has 0 spiro atoms. The lowest BCUT2D eigenvalue weighted by Gasteiger charge is -2.15. The van der Waals surface area contributed by atoms with E-state index in [0.717, 1.165) is 11.1 Å². The second-order valence-corrected chi connectivity index (χ2v) is 6.42. The van der Waals surface area contributed by atoms with Crippen molar-refractivity contribution in [3.05, 3.63) is 59.7 Å². The summed E-state index contributed by atoms with van der Waals surface area (Å²) in [6.45, 7) is 2.40. The number of primary sulfonamides is 1. The fourth-order valence-electron chi connectivity index (χ4n) is 2.07. The lowest BCUT2D eigenvalue weighted by molar-refractivity contribution is 0.452. The minimum absolute atomic E-state index is 0.0654. The Balaban J connectivity index is 2.09. The van der Waals surface area contributed by atoms with E-state index in [9.17, 15) is 13.5 Å². The Morgan fingerprint density at radius 3 is 2.57 bits per heavy atom. The van der Waals surface area contributed by atoms with Crippen molar-refractivity contribution in [2.45, 2.75) is 24.4 Å². The first-order valence-electron chi connectivity index (χ1n) is 6.51. The van der Waals surface area contributed by atoms with Gasteiger partial charge in [0.05, 0.1) is 4.90 Å². The van der Waals surface area contributed by atoms with E-state index in [4.69, 9.17) is 5.14 Å². The minimum atomic E-state index is -3.69. The zero-order valence-electron chi connectivity index (χ0n) is 11.7. The average Bonchev–Trinajstić information content (AvgIpc) is 2.45. The van der Waals surface area contributed by atoms with Gasteiger partial charge in [0.2, 0.25) is 10.0 Å². The molecule has 0 aliphatic heterocycles. The van der Waals surface area contributed by atoms with Gasteiger partial charge in [-0.1, -0.05) is 30.3 Å². The number of phenolic OH excluding ortho intramolecular Hbond substituents is 1. The Morgan fingerprint density at radius 1 is 1.19 bits per heavy atom. The molecule has 2 aromatic carbocycles. The van der Waals surface area contributed by atoms with Crippen molar-refractivity contribution in [1.82, 2.24) is 5.32 Å². The van der Waals surface area contributed by atoms with E-state index in [0.29, 0.717) is 6.54 Å². The first kappa shape index (κ1) is 15.5. The summed E-state index contributed by atoms with van der Waals surface area (Å²) in [6, 6.07) is 13.5. The van der Waals surface area contributed by atoms with E-state index in [1.807, 2.05) is 25.1 Å². The zero-order valence-corrected chi connectivity index (χ0v) is 12.5. The third kappa shape index (κ3) is 4.04. The van der Waals surface area contributed by atoms with E-state index in [1.165, 1.54) is 6.07 Å². The lowest BCUT2D eigenvalue weighted by Crippen LogP contribution is -2.19. The third-order valence-electron chi connectivity index (χ3n) is 3.24. The average molecular weight is 306 g/mol. The molecule has 2 rings (SSSR count). The SMILES string of the molecule is CC(NCc1cccc(S(N)(=O)=O)c1)c1ccccc1O. The van der Waals surface area contributed by atoms with Crippen LogP contribution in [0.3, 0.4) is 0 Å². The summed E-state index contributed by atoms with van der Waals surface area (Å²) < 4.78 is 22.6. The molecular formula is C15H18N2O3S. The van der Waals surface area contributed by atoms with Crippen LogP contribution in [0.2, 0.25) is 0 Å². The molecule has 0 aromatic heterocycles. The molecule has 0 fully saturated rings. The van der Waals surface area contributed by atoms with E-state index >= 15 is 0 Å². The molecule has 0 saturated heterocycles. The summed E-state index contributed by atoms with van der Waals surface area (Å²) in [6.07, 6.45) is 0. The maximum Gasteiger partial charge on any atom is 0.238 e. The lowest BCUT2D eigenvalue weighted by atomic mass is 10.1. The summed E-state index contributed by atoms with van der Waals surface area (Å²) in [5.41, 5.74) is 1.60. The van der Waals surface area contributed by atoms with Gasteiger partial charge in [-0.05, 0) is 30.7 Å². The monoisotopic (exact) mass is 306 g/mol. The molecule has 1 atom stereocenters. The molecule has 0 saturated carbocycles. The van der Waals surface area contributed by atoms with Crippen LogP contribution in [0.4, 0.5) is 0 Å². The van der Waals surface area contributed by atoms with Crippen molar-refractivity contribution in [2.75, 3.05) is 0 Å². The number of sulfonamides is 1. The second kappa shape index (κ2) is 6.26. The van der Waals surface area contributed by atoms with Crippen LogP contribution in [0.25, 0.3) is 0 Å². The Kier molecular flexibility index (Phi) is 4.62. The predicted molar refractivity (Wildman–Crippen MR) is 81.2 cm³/mol. The van der Waals surface area contributed by atoms with E-state index in [2.05, 4.69) is 5.32 Å². The van der Waals surface area contributed by atoms with Gasteiger partial charge in [0.1, 0.15) is 5.75 Å². The molecule has 0 radical (unpaired) electrons. The van der Waals surface area contributed by atoms with Gasteiger partial charge in [-0.15, -0.1) is 0 Å². The molecule has 6 heteroatoms. The number of nitrogens with one attached hydrogen (secondary N) is 1. The van der Waals surface area contributed by atoms with Gasteiger partial charge in [0.25, 0.3) is 0 Å². The molecule has 1 unspecified atom stereocenters. The largest absolute Gasteiger partial charge is 0.508 e. The second-order valence-electron chi connectivity index (χ2n) is 4.85. The van der Waals surface area contributed by atoms with Crippen molar-refractivity contribution in [3.8, 4) is 5.75 Å². The summed E-state index contributed by atoms with van der Waals surface area (Å²) in [5.74, 6) is 0.232. The molecule has 0 aliphatic rings. The molecule has 5 nitrogen and oxygen atoms in total. The summed E-state index contributed by atoms with van der Waals surface area (Å²) in [4.78, 5) is 0.0945. The van der Waals surface area contributed by atoms with Gasteiger partial charge in [-0.25, -0.2) is 13.6 Å². The Bertz CT molecular complexity index is 729. The number of hydrogen-bond acceptors (Lipinski definition) is 4. The van der Waals surface area contributed by atoms with Gasteiger partial charge in [-0.3, -0.25) is 0 Å². The molecular weight excluding hydrogens is 288 g/mol. The predicted octanol–water partition coefficient (Wildman–Crippen LogP) is 1.89. The van der Waals surface area contributed by atoms with Gasteiger partial charge in [0.15, 0.2) is 0 Å². The number of phenols is 1. The number of rotatable bonds is 5. The van der Waals surface area contributed by atoms with Crippen molar-refractivity contribution in [1.29, 1.82) is 0 Å². The van der Waals surface area contributed by atoms with Crippen LogP contribution >= 0.6 is 0 Å². The molecule has 4 N–H and O–H groups in total. The van der Waals surface area contributed by atoms with Crippen LogP contribution in [0.5, 0.6) is 5.75 Å². The number of para-hydroxylation sites is 1. The highest BCUT2D eigenvalue weighted by molar-refractivity contribution is 7.89. The Morgan fingerprint density at radius 2 is 1.90 bits per heavy atom. The van der Waals surface area contributed by atoms with Crippen LogP contribution in [-0.4, -0.2) is 13.5 Å². The topological polar surface area (TPSA) is 92.4 Å². The third-order valence-corrected chi connectivity index (χ3v) is 4.15. The van der Waals surface area contributed by atoms with Crippen molar-refractivity contribution < 1.29 is 13.5 Å². The standard InChI is InChI=1S/C15H18N2O3S/c1-11(14-7-2-3-8-15(14)18)17-10-12-5-4-6-13(9-12)21(16,19)20/h2-9,11,17-18H,10H2,1H3,(H2,16,19,20). The molecule has 2 aromatic rings. The van der Waals surface area contributed by atoms with Crippen molar-refractivity contribution in [2.24, 2.45) is 5.14 Å². The maximum atomic E-state index is 11.3. The normalized spacial score (nSPS) is 13.0. The zero-order chi connectivity index (χ0) is 15.5. The first-order valence-corrected chi connectivity index (χ1v) is 8.05. The smallest absolute Gasteiger partial charge is 0.238 e. The summed E-state index contributed by atoms with van der Waals surface area (Å²) in [5, 5.41) is 18.1. The van der Waals surface area contributed by atoms with Crippen LogP contribution < -0.4 is 10.5 Å². The Labute approximate surface area is 124 Å². The quantitative estimate of drug-likeness (QED) is 0.786.